The quantitative estimate of drug-likeness (QED) is 0.0196. The summed E-state index contributed by atoms with van der Waals surface area (Å²) in [5, 5.41) is 30.9. The van der Waals surface area contributed by atoms with E-state index < -0.39 is 59.8 Å². The summed E-state index contributed by atoms with van der Waals surface area (Å²) in [6.07, 6.45) is 63.1. The molecule has 0 aromatic carbocycles. The largest absolute Gasteiger partial charge is 0.457 e. The Morgan fingerprint density at radius 2 is 0.885 bits per heavy atom. The second kappa shape index (κ2) is 55.6. The Kier molecular flexibility index (Phi) is 52.8. The van der Waals surface area contributed by atoms with Gasteiger partial charge in [0.2, 0.25) is 0 Å². The summed E-state index contributed by atoms with van der Waals surface area (Å²) in [6, 6.07) is 0. The fraction of sp³-hybridized carbons (Fsp3) is 0.862. The Balaban J connectivity index is 2.23. The van der Waals surface area contributed by atoms with Crippen LogP contribution >= 0.6 is 0 Å². The van der Waals surface area contributed by atoms with Gasteiger partial charge in [-0.25, -0.2) is 4.18 Å². The van der Waals surface area contributed by atoms with Crippen molar-refractivity contribution in [2.75, 3.05) is 26.4 Å². The first-order valence-electron chi connectivity index (χ1n) is 32.4. The molecule has 4 N–H and O–H groups in total. The summed E-state index contributed by atoms with van der Waals surface area (Å²) < 4.78 is 59.6. The molecular weight excluding hydrogens is 1000 g/mol. The molecule has 0 spiro atoms. The number of unbranched alkanes of at least 4 members (excludes halogenated alkanes) is 37. The molecule has 0 aromatic rings. The van der Waals surface area contributed by atoms with Gasteiger partial charge in [0.1, 0.15) is 30.5 Å². The second-order valence-electron chi connectivity index (χ2n) is 22.3. The van der Waals surface area contributed by atoms with Crippen LogP contribution in [-0.4, -0.2) is 97.5 Å². The number of ether oxygens (including phenoxy) is 4. The molecule has 1 heterocycles. The summed E-state index contributed by atoms with van der Waals surface area (Å²) in [5.41, 5.74) is 0. The molecule has 78 heavy (non-hydrogen) atoms. The van der Waals surface area contributed by atoms with E-state index in [1.807, 2.05) is 0 Å². The number of carbonyl (C=O) groups is 1. The predicted molar refractivity (Wildman–Crippen MR) is 322 cm³/mol. The van der Waals surface area contributed by atoms with Gasteiger partial charge in [-0.3, -0.25) is 9.35 Å². The highest BCUT2D eigenvalue weighted by Gasteiger charge is 2.48. The minimum atomic E-state index is -5.07. The smallest absolute Gasteiger partial charge is 0.397 e. The van der Waals surface area contributed by atoms with Gasteiger partial charge in [-0.05, 0) is 51.4 Å². The lowest BCUT2D eigenvalue weighted by molar-refractivity contribution is -0.301. The van der Waals surface area contributed by atoms with Crippen LogP contribution in [0, 0.1) is 0 Å². The molecule has 1 aliphatic rings. The van der Waals surface area contributed by atoms with Gasteiger partial charge in [-0.2, -0.15) is 8.42 Å². The van der Waals surface area contributed by atoms with Gasteiger partial charge in [-0.15, -0.1) is 0 Å². The van der Waals surface area contributed by atoms with Crippen molar-refractivity contribution in [3.8, 4) is 0 Å². The maximum atomic E-state index is 13.0. The number of rotatable bonds is 58. The molecule has 0 amide bonds. The summed E-state index contributed by atoms with van der Waals surface area (Å²) in [6.45, 7) is 3.95. The summed E-state index contributed by atoms with van der Waals surface area (Å²) in [7, 11) is -5.07. The average Bonchev–Trinajstić information content (AvgIpc) is 3.46. The van der Waals surface area contributed by atoms with E-state index in [0.29, 0.717) is 13.0 Å². The maximum Gasteiger partial charge on any atom is 0.397 e. The molecule has 13 heteroatoms. The van der Waals surface area contributed by atoms with Crippen LogP contribution in [0.5, 0.6) is 0 Å². The van der Waals surface area contributed by atoms with Crippen LogP contribution in [0.4, 0.5) is 0 Å². The van der Waals surface area contributed by atoms with Crippen LogP contribution in [-0.2, 0) is 38.3 Å². The summed E-state index contributed by atoms with van der Waals surface area (Å²) in [4.78, 5) is 13.0. The highest BCUT2D eigenvalue weighted by molar-refractivity contribution is 7.80. The van der Waals surface area contributed by atoms with E-state index in [1.54, 1.807) is 0 Å². The van der Waals surface area contributed by atoms with Gasteiger partial charge in [-0.1, -0.05) is 287 Å². The van der Waals surface area contributed by atoms with Crippen molar-refractivity contribution in [3.63, 3.8) is 0 Å². The fourth-order valence-electron chi connectivity index (χ4n) is 10.1. The SMILES string of the molecule is CC/C=C\C/C=C\C/C=C\C/C=C\CCCCCCCCCCCCCCC(=O)OC(COCCCCCCCCCCCCCCCCCCCCCCCCCCCC)COC1OC(CO)C(O)C(OS(=O)(=O)O)C1O. The zero-order chi connectivity index (χ0) is 56.7. The first kappa shape index (κ1) is 74.1. The molecule has 0 aliphatic carbocycles. The molecule has 0 saturated carbocycles. The molecule has 12 nitrogen and oxygen atoms in total. The van der Waals surface area contributed by atoms with Crippen LogP contribution < -0.4 is 0 Å². The third-order valence-electron chi connectivity index (χ3n) is 15.0. The molecule has 1 fully saturated rings. The van der Waals surface area contributed by atoms with Crippen LogP contribution in [0.2, 0.25) is 0 Å². The second-order valence-corrected chi connectivity index (χ2v) is 23.4. The van der Waals surface area contributed by atoms with Gasteiger partial charge in [0.15, 0.2) is 6.29 Å². The number of hydrogen-bond donors (Lipinski definition) is 4. The summed E-state index contributed by atoms with van der Waals surface area (Å²) >= 11 is 0. The third kappa shape index (κ3) is 47.7. The van der Waals surface area contributed by atoms with Crippen LogP contribution in [0.3, 0.4) is 0 Å². The van der Waals surface area contributed by atoms with Crippen LogP contribution in [0.1, 0.15) is 296 Å². The number of aliphatic hydroxyl groups excluding tert-OH is 3. The van der Waals surface area contributed by atoms with Crippen molar-refractivity contribution >= 4 is 16.4 Å². The van der Waals surface area contributed by atoms with Crippen molar-refractivity contribution < 1.29 is 56.2 Å². The number of carbonyl (C=O) groups excluding carboxylic acids is 1. The molecule has 6 unspecified atom stereocenters. The topological polar surface area (TPSA) is 178 Å². The average molecular weight is 1130 g/mol. The van der Waals surface area contributed by atoms with Gasteiger partial charge in [0.25, 0.3) is 0 Å². The fourth-order valence-corrected chi connectivity index (χ4v) is 10.6. The van der Waals surface area contributed by atoms with Crippen LogP contribution in [0.15, 0.2) is 48.6 Å². The Hall–Kier alpha value is -1.94. The van der Waals surface area contributed by atoms with Crippen LogP contribution in [0.25, 0.3) is 0 Å². The van der Waals surface area contributed by atoms with Gasteiger partial charge < -0.3 is 34.3 Å². The molecule has 6 atom stereocenters. The normalized spacial score (nSPS) is 18.7. The summed E-state index contributed by atoms with van der Waals surface area (Å²) in [5.74, 6) is -0.396. The van der Waals surface area contributed by atoms with E-state index in [4.69, 9.17) is 18.9 Å². The minimum absolute atomic E-state index is 0.0387. The number of aliphatic hydroxyl groups is 3. The molecule has 458 valence electrons. The monoisotopic (exact) mass is 1120 g/mol. The number of allylic oxidation sites excluding steroid dienone is 8. The standard InChI is InChI=1S/C65H120O12S/c1-3-5-7-9-11-13-15-17-19-21-23-25-27-29-31-33-35-37-39-41-43-45-47-49-51-53-55-73-57-59(58-74-65-63(69)64(77-78(70,71)72)62(68)60(56-66)76-65)75-61(67)54-52-50-48-46-44-42-40-38-36-34-32-30-28-26-24-22-20-18-16-14-12-10-8-6-4-2/h6,8,12,14,18,20,24,26,59-60,62-66,68-69H,3-5,7,9-11,13,15-17,19,21-23,25,27-58H2,1-2H3,(H,70,71,72)/b8-6-,14-12-,20-18-,26-24-. The molecule has 0 aromatic heterocycles. The first-order valence-corrected chi connectivity index (χ1v) is 33.8. The molecular formula is C65H120O12S. The zero-order valence-corrected chi connectivity index (χ0v) is 50.8. The molecule has 1 aliphatic heterocycles. The van der Waals surface area contributed by atoms with E-state index in [1.165, 1.54) is 205 Å². The Morgan fingerprint density at radius 1 is 0.500 bits per heavy atom. The molecule has 0 radical (unpaired) electrons. The van der Waals surface area contributed by atoms with Gasteiger partial charge in [0, 0.05) is 13.0 Å². The Bertz CT molecular complexity index is 1530. The number of esters is 1. The molecule has 1 saturated heterocycles. The predicted octanol–water partition coefficient (Wildman–Crippen LogP) is 17.0. The first-order chi connectivity index (χ1) is 38.1. The van der Waals surface area contributed by atoms with Crippen molar-refractivity contribution in [3.05, 3.63) is 48.6 Å². The lowest BCUT2D eigenvalue weighted by Crippen LogP contribution is -2.60. The molecule has 0 bridgehead atoms. The lowest BCUT2D eigenvalue weighted by atomic mass is 9.99. The van der Waals surface area contributed by atoms with Crippen molar-refractivity contribution in [2.24, 2.45) is 0 Å². The lowest BCUT2D eigenvalue weighted by Gasteiger charge is -2.41. The highest BCUT2D eigenvalue weighted by Crippen LogP contribution is 2.26. The highest BCUT2D eigenvalue weighted by atomic mass is 32.3. The Labute approximate surface area is 478 Å². The van der Waals surface area contributed by atoms with E-state index in [0.717, 1.165) is 64.2 Å². The van der Waals surface area contributed by atoms with Crippen molar-refractivity contribution in [1.29, 1.82) is 0 Å². The third-order valence-corrected chi connectivity index (χ3v) is 15.4. The van der Waals surface area contributed by atoms with Crippen molar-refractivity contribution in [2.45, 2.75) is 333 Å². The van der Waals surface area contributed by atoms with E-state index in [2.05, 4.69) is 66.6 Å². The molecule has 1 rings (SSSR count). The number of hydrogen-bond acceptors (Lipinski definition) is 11. The van der Waals surface area contributed by atoms with Gasteiger partial charge in [0.05, 0.1) is 19.8 Å². The van der Waals surface area contributed by atoms with Crippen molar-refractivity contribution in [1.82, 2.24) is 0 Å². The zero-order valence-electron chi connectivity index (χ0n) is 50.0. The van der Waals surface area contributed by atoms with E-state index in [-0.39, 0.29) is 19.6 Å². The Morgan fingerprint density at radius 3 is 1.29 bits per heavy atom. The van der Waals surface area contributed by atoms with Gasteiger partial charge >= 0.3 is 16.4 Å². The minimum Gasteiger partial charge on any atom is -0.457 e. The maximum absolute atomic E-state index is 13.0. The van der Waals surface area contributed by atoms with E-state index in [9.17, 15) is 33.1 Å². The van der Waals surface area contributed by atoms with E-state index >= 15 is 0 Å².